The quantitative estimate of drug-likeness (QED) is 0.626. The zero-order valence-electron chi connectivity index (χ0n) is 15.1. The number of hydrogen-bond donors (Lipinski definition) is 1. The van der Waals surface area contributed by atoms with Gasteiger partial charge in [-0.2, -0.15) is 0 Å². The van der Waals surface area contributed by atoms with Crippen LogP contribution in [0.4, 0.5) is 0 Å². The first-order valence-corrected chi connectivity index (χ1v) is 10.1. The summed E-state index contributed by atoms with van der Waals surface area (Å²) >= 11 is 12.7. The first-order valence-electron chi connectivity index (χ1n) is 9.36. The molecule has 0 aromatic rings. The van der Waals surface area contributed by atoms with Gasteiger partial charge < -0.3 is 5.11 Å². The summed E-state index contributed by atoms with van der Waals surface area (Å²) in [7, 11) is 0. The van der Waals surface area contributed by atoms with Gasteiger partial charge in [-0.1, -0.05) is 56.1 Å². The lowest BCUT2D eigenvalue weighted by Crippen LogP contribution is -2.56. The second-order valence-corrected chi connectivity index (χ2v) is 9.83. The van der Waals surface area contributed by atoms with E-state index in [0.29, 0.717) is 33.7 Å². The molecule has 0 aromatic carbocycles. The molecule has 0 bridgehead atoms. The smallest absolute Gasteiger partial charge is 0.196 e. The average Bonchev–Trinajstić information content (AvgIpc) is 2.58. The van der Waals surface area contributed by atoms with Crippen LogP contribution in [-0.4, -0.2) is 17.0 Å². The van der Waals surface area contributed by atoms with E-state index >= 15 is 0 Å². The van der Waals surface area contributed by atoms with Gasteiger partial charge in [-0.3, -0.25) is 4.79 Å². The number of fused-ring (bicyclic) bond motifs is 5. The van der Waals surface area contributed by atoms with Crippen molar-refractivity contribution in [1.29, 1.82) is 0 Å². The maximum Gasteiger partial charge on any atom is 0.196 e. The van der Waals surface area contributed by atoms with Gasteiger partial charge in [0.15, 0.2) is 5.78 Å². The summed E-state index contributed by atoms with van der Waals surface area (Å²) in [6.07, 6.45) is 9.03. The van der Waals surface area contributed by atoms with Crippen molar-refractivity contribution in [2.45, 2.75) is 52.6 Å². The molecule has 2 fully saturated rings. The normalized spacial score (nSPS) is 49.3. The molecule has 0 aromatic heterocycles. The molecule has 0 heterocycles. The average molecular weight is 381 g/mol. The minimum Gasteiger partial charge on any atom is -0.387 e. The number of allylic oxidation sites excluding steroid dienone is 5. The third-order valence-corrected chi connectivity index (χ3v) is 8.66. The molecule has 136 valence electrons. The molecule has 25 heavy (non-hydrogen) atoms. The molecule has 1 unspecified atom stereocenters. The molecular formula is C21H26Cl2O2. The van der Waals surface area contributed by atoms with Gasteiger partial charge in [0.1, 0.15) is 0 Å². The summed E-state index contributed by atoms with van der Waals surface area (Å²) in [6, 6.07) is 0. The largest absolute Gasteiger partial charge is 0.387 e. The number of hydrogen-bond acceptors (Lipinski definition) is 2. The predicted molar refractivity (Wildman–Crippen MR) is 101 cm³/mol. The predicted octanol–water partition coefficient (Wildman–Crippen LogP) is 5.20. The van der Waals surface area contributed by atoms with Crippen LogP contribution in [0.2, 0.25) is 0 Å². The first-order chi connectivity index (χ1) is 11.7. The number of halogens is 2. The van der Waals surface area contributed by atoms with Crippen LogP contribution in [0.5, 0.6) is 0 Å². The Labute approximate surface area is 160 Å². The fraction of sp³-hybridized carbons (Fsp3) is 0.667. The maximum absolute atomic E-state index is 12.1. The van der Waals surface area contributed by atoms with Gasteiger partial charge in [0.05, 0.1) is 11.1 Å². The molecule has 7 atom stereocenters. The molecule has 4 heteroatoms. The van der Waals surface area contributed by atoms with E-state index in [1.807, 2.05) is 6.08 Å². The molecule has 0 radical (unpaired) electrons. The Kier molecular flexibility index (Phi) is 4.07. The highest BCUT2D eigenvalue weighted by atomic mass is 35.5. The highest BCUT2D eigenvalue weighted by molar-refractivity contribution is 6.45. The molecule has 2 saturated carbocycles. The van der Waals surface area contributed by atoms with Gasteiger partial charge in [-0.15, -0.1) is 0 Å². The number of carbonyl (C=O) groups is 1. The molecule has 4 rings (SSSR count). The molecule has 1 N–H and O–H groups in total. The van der Waals surface area contributed by atoms with Gasteiger partial charge in [-0.05, 0) is 61.0 Å². The number of carbonyl (C=O) groups excluding carboxylic acids is 1. The van der Waals surface area contributed by atoms with Gasteiger partial charge in [-0.25, -0.2) is 0 Å². The van der Waals surface area contributed by atoms with Crippen molar-refractivity contribution in [1.82, 2.24) is 0 Å². The van der Waals surface area contributed by atoms with Crippen molar-refractivity contribution in [3.05, 3.63) is 33.9 Å². The Morgan fingerprint density at radius 1 is 1.24 bits per heavy atom. The Hall–Kier alpha value is -0.570. The second kappa shape index (κ2) is 5.71. The second-order valence-electron chi connectivity index (χ2n) is 9.02. The Morgan fingerprint density at radius 3 is 2.68 bits per heavy atom. The van der Waals surface area contributed by atoms with Gasteiger partial charge in [0.2, 0.25) is 0 Å². The fourth-order valence-electron chi connectivity index (χ4n) is 6.41. The van der Waals surface area contributed by atoms with E-state index in [2.05, 4.69) is 26.8 Å². The van der Waals surface area contributed by atoms with Crippen molar-refractivity contribution in [3.63, 3.8) is 0 Å². The number of ketones is 1. The van der Waals surface area contributed by atoms with Gasteiger partial charge in [0.25, 0.3) is 0 Å². The fourth-order valence-corrected chi connectivity index (χ4v) is 7.09. The maximum atomic E-state index is 12.1. The Bertz CT molecular complexity index is 721. The summed E-state index contributed by atoms with van der Waals surface area (Å²) in [5.74, 6) is 1.78. The Balaban J connectivity index is 1.79. The van der Waals surface area contributed by atoms with Crippen LogP contribution in [0, 0.1) is 34.5 Å². The molecule has 4 aliphatic rings. The molecule has 2 nitrogen and oxygen atoms in total. The van der Waals surface area contributed by atoms with E-state index in [9.17, 15) is 9.90 Å². The molecule has 0 amide bonds. The number of rotatable bonds is 0. The molecular weight excluding hydrogens is 355 g/mol. The van der Waals surface area contributed by atoms with Crippen LogP contribution in [0.1, 0.15) is 46.5 Å². The third kappa shape index (κ3) is 2.30. The Morgan fingerprint density at radius 2 is 1.96 bits per heavy atom. The monoisotopic (exact) mass is 380 g/mol. The number of aliphatic hydroxyl groups excluding tert-OH is 1. The van der Waals surface area contributed by atoms with Crippen molar-refractivity contribution < 1.29 is 9.90 Å². The van der Waals surface area contributed by atoms with Crippen LogP contribution >= 0.6 is 23.2 Å². The summed E-state index contributed by atoms with van der Waals surface area (Å²) in [5, 5.41) is 11.8. The minimum absolute atomic E-state index is 0.0526. The van der Waals surface area contributed by atoms with E-state index in [1.54, 1.807) is 6.08 Å². The molecule has 0 saturated heterocycles. The summed E-state index contributed by atoms with van der Waals surface area (Å²) in [6.45, 7) is 6.75. The van der Waals surface area contributed by atoms with E-state index in [4.69, 9.17) is 23.2 Å². The van der Waals surface area contributed by atoms with E-state index in [0.717, 1.165) is 31.3 Å². The SMILES string of the molecule is C[C@@H]1CC2=C(Cl)C(=O)C=C[C@]2(C)[C@H]2CC[C@]3(C)C(O)C(Cl)=CC[C@H]3[C@H]12. The minimum atomic E-state index is -0.558. The molecule has 4 aliphatic carbocycles. The first kappa shape index (κ1) is 17.8. The summed E-state index contributed by atoms with van der Waals surface area (Å²) in [5.41, 5.74) is 0.833. The zero-order chi connectivity index (χ0) is 18.1. The van der Waals surface area contributed by atoms with Crippen molar-refractivity contribution >= 4 is 29.0 Å². The molecule has 0 aliphatic heterocycles. The van der Waals surface area contributed by atoms with Crippen LogP contribution in [-0.2, 0) is 4.79 Å². The third-order valence-electron chi connectivity index (χ3n) is 7.89. The van der Waals surface area contributed by atoms with E-state index in [1.165, 1.54) is 0 Å². The lowest BCUT2D eigenvalue weighted by Gasteiger charge is -2.61. The van der Waals surface area contributed by atoms with Gasteiger partial charge >= 0.3 is 0 Å². The van der Waals surface area contributed by atoms with Crippen LogP contribution in [0.3, 0.4) is 0 Å². The highest BCUT2D eigenvalue weighted by Crippen LogP contribution is 2.65. The number of aliphatic hydroxyl groups is 1. The highest BCUT2D eigenvalue weighted by Gasteiger charge is 2.59. The zero-order valence-corrected chi connectivity index (χ0v) is 16.6. The van der Waals surface area contributed by atoms with Crippen LogP contribution in [0.25, 0.3) is 0 Å². The van der Waals surface area contributed by atoms with Crippen molar-refractivity contribution in [3.8, 4) is 0 Å². The lowest BCUT2D eigenvalue weighted by atomic mass is 9.44. The van der Waals surface area contributed by atoms with Gasteiger partial charge in [0, 0.05) is 15.9 Å². The van der Waals surface area contributed by atoms with Crippen molar-refractivity contribution in [2.75, 3.05) is 0 Å². The summed E-state index contributed by atoms with van der Waals surface area (Å²) in [4.78, 5) is 12.1. The topological polar surface area (TPSA) is 37.3 Å². The van der Waals surface area contributed by atoms with Crippen LogP contribution in [0.15, 0.2) is 33.9 Å². The van der Waals surface area contributed by atoms with Crippen molar-refractivity contribution in [2.24, 2.45) is 34.5 Å². The van der Waals surface area contributed by atoms with E-state index < -0.39 is 6.10 Å². The van der Waals surface area contributed by atoms with E-state index in [-0.39, 0.29) is 16.6 Å². The summed E-state index contributed by atoms with van der Waals surface area (Å²) < 4.78 is 0. The van der Waals surface area contributed by atoms with Crippen LogP contribution < -0.4 is 0 Å². The molecule has 0 spiro atoms. The standard InChI is InChI=1S/C21H26Cl2O2/c1-11-10-14-18(23)16(24)7-9-20(14,2)13-6-8-21(3)12(17(11)13)4-5-15(22)19(21)25/h5,7,9,11-13,17,19,25H,4,6,8,10H2,1-3H3/t11-,12+,13+,17+,19?,20-,21+/m1/s1. The lowest BCUT2D eigenvalue weighted by molar-refractivity contribution is -0.113.